The number of nitrogens with zero attached hydrogens (tertiary/aromatic N) is 3. The molecule has 1 saturated heterocycles. The zero-order valence-corrected chi connectivity index (χ0v) is 16.8. The summed E-state index contributed by atoms with van der Waals surface area (Å²) in [7, 11) is 0. The van der Waals surface area contributed by atoms with Crippen LogP contribution in [-0.4, -0.2) is 77.9 Å². The van der Waals surface area contributed by atoms with Crippen molar-refractivity contribution in [3.63, 3.8) is 0 Å². The van der Waals surface area contributed by atoms with Gasteiger partial charge < -0.3 is 9.80 Å². The number of hydrogen-bond donors (Lipinski definition) is 0. The highest BCUT2D eigenvalue weighted by molar-refractivity contribution is 5.85. The monoisotopic (exact) mass is 535 g/mol. The smallest absolute Gasteiger partial charge is 0.368 e. The molecular weight excluding hydrogens is 522 g/mol. The van der Waals surface area contributed by atoms with Gasteiger partial charge in [0, 0.05) is 44.0 Å². The van der Waals surface area contributed by atoms with Crippen molar-refractivity contribution in [3.05, 3.63) is 34.4 Å². The Bertz CT molecular complexity index is 947. The summed E-state index contributed by atoms with van der Waals surface area (Å²) in [6, 6.07) is 4.53. The number of rotatable bonds is 8. The summed E-state index contributed by atoms with van der Waals surface area (Å²) in [5.74, 6) is -39.9. The van der Waals surface area contributed by atoms with Crippen molar-refractivity contribution in [1.82, 2.24) is 4.90 Å². The van der Waals surface area contributed by atoms with Crippen LogP contribution in [0.2, 0.25) is 0 Å². The van der Waals surface area contributed by atoms with E-state index in [0.29, 0.717) is 0 Å². The summed E-state index contributed by atoms with van der Waals surface area (Å²) in [5.41, 5.74) is -0.0696. The van der Waals surface area contributed by atoms with Gasteiger partial charge in [-0.1, -0.05) is 0 Å². The molecule has 18 heteroatoms. The van der Waals surface area contributed by atoms with Crippen LogP contribution < -0.4 is 4.90 Å². The van der Waals surface area contributed by atoms with E-state index in [-0.39, 0.29) is 16.3 Å². The second-order valence-electron chi connectivity index (χ2n) is 7.27. The third kappa shape index (κ3) is 4.41. The standard InChI is InChI=1S/C17H13F12N3O3/c18-11(19)13(20,21)15(24,25)17(28,29)16(26,27)14(22,23)12(33)31-7-5-30(6-8-31)9-1-3-10(4-2-9)32(34)35/h1-4,11H,5-8H2. The van der Waals surface area contributed by atoms with Crippen molar-refractivity contribution in [1.29, 1.82) is 0 Å². The molecule has 0 saturated carbocycles. The molecule has 1 aromatic carbocycles. The van der Waals surface area contributed by atoms with E-state index < -0.39 is 73.0 Å². The van der Waals surface area contributed by atoms with Crippen molar-refractivity contribution in [2.75, 3.05) is 31.1 Å². The number of carbonyl (C=O) groups excluding carboxylic acids is 1. The van der Waals surface area contributed by atoms with Gasteiger partial charge in [0.2, 0.25) is 0 Å². The molecule has 1 heterocycles. The Hall–Kier alpha value is -2.95. The Morgan fingerprint density at radius 2 is 1.26 bits per heavy atom. The molecule has 198 valence electrons. The van der Waals surface area contributed by atoms with Crippen molar-refractivity contribution in [2.45, 2.75) is 36.0 Å². The number of amides is 1. The van der Waals surface area contributed by atoms with Crippen LogP contribution >= 0.6 is 0 Å². The molecule has 1 amide bonds. The van der Waals surface area contributed by atoms with Crippen LogP contribution in [0.4, 0.5) is 64.1 Å². The number of nitro benzene ring substituents is 1. The van der Waals surface area contributed by atoms with E-state index in [4.69, 9.17) is 0 Å². The predicted octanol–water partition coefficient (Wildman–Crippen LogP) is 4.69. The average Bonchev–Trinajstić information content (AvgIpc) is 2.78. The number of alkyl halides is 12. The number of halogens is 12. The first-order valence-corrected chi connectivity index (χ1v) is 9.19. The van der Waals surface area contributed by atoms with Gasteiger partial charge in [0.05, 0.1) is 4.92 Å². The first-order chi connectivity index (χ1) is 15.7. The van der Waals surface area contributed by atoms with Gasteiger partial charge in [-0.3, -0.25) is 14.9 Å². The van der Waals surface area contributed by atoms with Crippen molar-refractivity contribution in [3.8, 4) is 0 Å². The highest BCUT2D eigenvalue weighted by atomic mass is 19.4. The second kappa shape index (κ2) is 8.92. The van der Waals surface area contributed by atoms with E-state index in [1.54, 1.807) is 0 Å². The third-order valence-corrected chi connectivity index (χ3v) is 5.14. The minimum atomic E-state index is -7.78. The number of anilines is 1. The first kappa shape index (κ1) is 28.3. The van der Waals surface area contributed by atoms with Gasteiger partial charge in [-0.15, -0.1) is 0 Å². The molecule has 1 aliphatic rings. The largest absolute Gasteiger partial charge is 0.392 e. The molecule has 0 spiro atoms. The van der Waals surface area contributed by atoms with E-state index in [1.807, 2.05) is 0 Å². The predicted molar refractivity (Wildman–Crippen MR) is 92.6 cm³/mol. The Morgan fingerprint density at radius 3 is 1.66 bits per heavy atom. The Kier molecular flexibility index (Phi) is 7.21. The maximum absolute atomic E-state index is 14.1. The quantitative estimate of drug-likeness (QED) is 0.276. The van der Waals surface area contributed by atoms with Crippen LogP contribution in [0.3, 0.4) is 0 Å². The number of non-ortho nitro benzene ring substituents is 1. The summed E-state index contributed by atoms with van der Waals surface area (Å²) in [6.45, 7) is -2.56. The average molecular weight is 535 g/mol. The molecule has 0 aromatic heterocycles. The Balaban J connectivity index is 2.22. The zero-order valence-electron chi connectivity index (χ0n) is 16.8. The van der Waals surface area contributed by atoms with Crippen molar-refractivity contribution < 1.29 is 62.4 Å². The molecule has 0 unspecified atom stereocenters. The summed E-state index contributed by atoms with van der Waals surface area (Å²) < 4.78 is 160. The maximum Gasteiger partial charge on any atom is 0.392 e. The van der Waals surface area contributed by atoms with Gasteiger partial charge in [-0.25, -0.2) is 8.78 Å². The lowest BCUT2D eigenvalue weighted by molar-refractivity contribution is -0.407. The van der Waals surface area contributed by atoms with Gasteiger partial charge in [0.15, 0.2) is 0 Å². The van der Waals surface area contributed by atoms with Crippen molar-refractivity contribution >= 4 is 17.3 Å². The maximum atomic E-state index is 14.1. The molecule has 6 nitrogen and oxygen atoms in total. The molecule has 0 bridgehead atoms. The third-order valence-electron chi connectivity index (χ3n) is 5.14. The minimum absolute atomic E-state index is 0.130. The molecule has 0 N–H and O–H groups in total. The van der Waals surface area contributed by atoms with Gasteiger partial charge in [0.1, 0.15) is 0 Å². The Labute approximate surface area is 187 Å². The number of carbonyl (C=O) groups is 1. The molecule has 1 aliphatic heterocycles. The molecule has 0 radical (unpaired) electrons. The normalized spacial score (nSPS) is 16.6. The number of piperazine rings is 1. The van der Waals surface area contributed by atoms with Crippen LogP contribution in [0, 0.1) is 10.1 Å². The lowest BCUT2D eigenvalue weighted by Crippen LogP contribution is -2.71. The van der Waals surface area contributed by atoms with E-state index >= 15 is 0 Å². The highest BCUT2D eigenvalue weighted by Crippen LogP contribution is 2.58. The van der Waals surface area contributed by atoms with Gasteiger partial charge in [-0.05, 0) is 12.1 Å². The molecule has 35 heavy (non-hydrogen) atoms. The summed E-state index contributed by atoms with van der Waals surface area (Å²) in [6.07, 6.45) is -5.63. The topological polar surface area (TPSA) is 66.7 Å². The van der Waals surface area contributed by atoms with Crippen LogP contribution in [-0.2, 0) is 4.79 Å². The zero-order chi connectivity index (χ0) is 27.2. The summed E-state index contributed by atoms with van der Waals surface area (Å²) in [5, 5.41) is 10.6. The fraction of sp³-hybridized carbons (Fsp3) is 0.588. The fourth-order valence-corrected chi connectivity index (χ4v) is 3.03. The van der Waals surface area contributed by atoms with Gasteiger partial charge in [0.25, 0.3) is 11.6 Å². The van der Waals surface area contributed by atoms with E-state index in [9.17, 15) is 67.6 Å². The lowest BCUT2D eigenvalue weighted by atomic mass is 9.93. The molecule has 0 aliphatic carbocycles. The van der Waals surface area contributed by atoms with Gasteiger partial charge in [-0.2, -0.15) is 43.9 Å². The Morgan fingerprint density at radius 1 is 0.800 bits per heavy atom. The summed E-state index contributed by atoms with van der Waals surface area (Å²) in [4.78, 5) is 23.0. The minimum Gasteiger partial charge on any atom is -0.368 e. The molecule has 2 rings (SSSR count). The van der Waals surface area contributed by atoms with Crippen LogP contribution in [0.25, 0.3) is 0 Å². The first-order valence-electron chi connectivity index (χ1n) is 9.19. The van der Waals surface area contributed by atoms with E-state index in [2.05, 4.69) is 0 Å². The molecule has 1 fully saturated rings. The SMILES string of the molecule is O=C(N1CCN(c2ccc([N+](=O)[O-])cc2)CC1)C(F)(F)C(F)(F)C(F)(F)C(F)(F)C(F)(F)C(F)F. The van der Waals surface area contributed by atoms with Crippen molar-refractivity contribution in [2.24, 2.45) is 0 Å². The van der Waals surface area contributed by atoms with Crippen LogP contribution in [0.15, 0.2) is 24.3 Å². The fourth-order valence-electron chi connectivity index (χ4n) is 3.03. The molecular formula is C17H13F12N3O3. The molecule has 1 aromatic rings. The lowest BCUT2D eigenvalue weighted by Gasteiger charge is -2.41. The van der Waals surface area contributed by atoms with E-state index in [0.717, 1.165) is 12.1 Å². The number of nitro groups is 1. The highest BCUT2D eigenvalue weighted by Gasteiger charge is 2.89. The van der Waals surface area contributed by atoms with Gasteiger partial charge >= 0.3 is 36.0 Å². The summed E-state index contributed by atoms with van der Waals surface area (Å²) >= 11 is 0. The number of hydrogen-bond acceptors (Lipinski definition) is 4. The molecule has 0 atom stereocenters. The number of benzene rings is 1. The van der Waals surface area contributed by atoms with Crippen LogP contribution in [0.5, 0.6) is 0 Å². The second-order valence-corrected chi connectivity index (χ2v) is 7.27. The van der Waals surface area contributed by atoms with Crippen LogP contribution in [0.1, 0.15) is 0 Å². The van der Waals surface area contributed by atoms with E-state index in [1.165, 1.54) is 17.0 Å².